The summed E-state index contributed by atoms with van der Waals surface area (Å²) >= 11 is 12.6. The van der Waals surface area contributed by atoms with Gasteiger partial charge in [0.25, 0.3) is 0 Å². The van der Waals surface area contributed by atoms with E-state index in [1.165, 1.54) is 63.5 Å². The minimum absolute atomic E-state index is 0.138. The lowest BCUT2D eigenvalue weighted by Gasteiger charge is -2.51. The first-order valence-electron chi connectivity index (χ1n) is 9.91. The van der Waals surface area contributed by atoms with Crippen molar-refractivity contribution in [2.75, 3.05) is 13.1 Å². The van der Waals surface area contributed by atoms with Crippen LogP contribution in [0.15, 0.2) is 30.9 Å². The Hall–Kier alpha value is -0.500. The Morgan fingerprint density at radius 3 is 2.48 bits per heavy atom. The van der Waals surface area contributed by atoms with Crippen LogP contribution in [-0.2, 0) is 5.41 Å². The summed E-state index contributed by atoms with van der Waals surface area (Å²) in [4.78, 5) is 2.88. The Morgan fingerprint density at radius 1 is 1.08 bits per heavy atom. The normalized spacial score (nSPS) is 29.7. The molecular weight excluding hydrogens is 349 g/mol. The van der Waals surface area contributed by atoms with E-state index in [1.54, 1.807) is 0 Å². The standard InChI is InChI=1S/C22H29Cl2N/c1-2-10-21(18-8-9-19(23)20(24)15-18)11-5-14-25(16-21)22(17-6-7-17)12-3-4-13-22/h2,8-9,15,17H,1,3-7,10-14,16H2. The number of nitrogens with zero attached hydrogens (tertiary/aromatic N) is 1. The van der Waals surface area contributed by atoms with Gasteiger partial charge in [0.1, 0.15) is 0 Å². The molecule has 4 rings (SSSR count). The van der Waals surface area contributed by atoms with Crippen LogP contribution in [0.2, 0.25) is 10.0 Å². The van der Waals surface area contributed by atoms with Crippen LogP contribution in [0.4, 0.5) is 0 Å². The highest BCUT2D eigenvalue weighted by molar-refractivity contribution is 6.42. The van der Waals surface area contributed by atoms with Crippen LogP contribution in [0, 0.1) is 5.92 Å². The van der Waals surface area contributed by atoms with Gasteiger partial charge < -0.3 is 0 Å². The Balaban J connectivity index is 1.67. The molecule has 0 bridgehead atoms. The first-order valence-corrected chi connectivity index (χ1v) is 10.7. The van der Waals surface area contributed by atoms with Crippen molar-refractivity contribution in [1.82, 2.24) is 4.90 Å². The molecule has 0 aromatic heterocycles. The summed E-state index contributed by atoms with van der Waals surface area (Å²) in [6.07, 6.45) is 14.1. The molecule has 2 aliphatic carbocycles. The maximum atomic E-state index is 6.38. The Kier molecular flexibility index (Phi) is 4.94. The zero-order valence-electron chi connectivity index (χ0n) is 15.1. The summed E-state index contributed by atoms with van der Waals surface area (Å²) in [5, 5.41) is 1.33. The number of piperidine rings is 1. The van der Waals surface area contributed by atoms with Gasteiger partial charge in [-0.15, -0.1) is 6.58 Å². The number of allylic oxidation sites excluding steroid dienone is 1. The monoisotopic (exact) mass is 377 g/mol. The van der Waals surface area contributed by atoms with E-state index >= 15 is 0 Å². The molecule has 1 nitrogen and oxygen atoms in total. The maximum absolute atomic E-state index is 6.38. The van der Waals surface area contributed by atoms with E-state index in [4.69, 9.17) is 23.2 Å². The molecule has 136 valence electrons. The lowest BCUT2D eigenvalue weighted by Crippen LogP contribution is -2.57. The van der Waals surface area contributed by atoms with Gasteiger partial charge in [-0.3, -0.25) is 4.90 Å². The van der Waals surface area contributed by atoms with E-state index in [9.17, 15) is 0 Å². The fourth-order valence-corrected chi connectivity index (χ4v) is 6.02. The van der Waals surface area contributed by atoms with E-state index in [0.717, 1.165) is 18.9 Å². The topological polar surface area (TPSA) is 3.24 Å². The number of hydrogen-bond donors (Lipinski definition) is 0. The van der Waals surface area contributed by atoms with Gasteiger partial charge in [-0.25, -0.2) is 0 Å². The molecule has 3 heteroatoms. The smallest absolute Gasteiger partial charge is 0.0595 e. The first kappa shape index (κ1) is 17.9. The van der Waals surface area contributed by atoms with Crippen LogP contribution >= 0.6 is 23.2 Å². The SMILES string of the molecule is C=CCC1(c2ccc(Cl)c(Cl)c2)CCCN(C2(C3CC3)CCCC2)C1. The van der Waals surface area contributed by atoms with Gasteiger partial charge in [-0.2, -0.15) is 0 Å². The molecule has 2 saturated carbocycles. The second-order valence-corrected chi connectivity index (χ2v) is 9.33. The quantitative estimate of drug-likeness (QED) is 0.520. The van der Waals surface area contributed by atoms with E-state index in [2.05, 4.69) is 29.7 Å². The molecule has 1 unspecified atom stereocenters. The molecule has 1 saturated heterocycles. The highest BCUT2D eigenvalue weighted by Crippen LogP contribution is 2.54. The molecule has 1 aromatic rings. The molecule has 1 atom stereocenters. The minimum atomic E-state index is 0.138. The fraction of sp³-hybridized carbons (Fsp3) is 0.636. The average Bonchev–Trinajstić information content (AvgIpc) is 3.35. The zero-order valence-corrected chi connectivity index (χ0v) is 16.6. The predicted molar refractivity (Wildman–Crippen MR) is 108 cm³/mol. The van der Waals surface area contributed by atoms with Gasteiger partial charge in [-0.1, -0.05) is 48.2 Å². The van der Waals surface area contributed by atoms with E-state index in [-0.39, 0.29) is 5.41 Å². The van der Waals surface area contributed by atoms with Crippen molar-refractivity contribution in [3.63, 3.8) is 0 Å². The van der Waals surface area contributed by atoms with Crippen LogP contribution in [0.25, 0.3) is 0 Å². The molecule has 3 fully saturated rings. The summed E-state index contributed by atoms with van der Waals surface area (Å²) in [6.45, 7) is 6.48. The third kappa shape index (κ3) is 3.17. The first-order chi connectivity index (χ1) is 12.1. The zero-order chi connectivity index (χ0) is 17.5. The Bertz CT molecular complexity index is 645. The van der Waals surface area contributed by atoms with Crippen molar-refractivity contribution < 1.29 is 0 Å². The third-order valence-electron chi connectivity index (χ3n) is 7.08. The summed E-state index contributed by atoms with van der Waals surface area (Å²) in [5.41, 5.74) is 1.97. The maximum Gasteiger partial charge on any atom is 0.0595 e. The molecule has 0 spiro atoms. The summed E-state index contributed by atoms with van der Waals surface area (Å²) in [6, 6.07) is 6.27. The average molecular weight is 378 g/mol. The van der Waals surface area contributed by atoms with Crippen LogP contribution in [0.5, 0.6) is 0 Å². The number of likely N-dealkylation sites (tertiary alicyclic amines) is 1. The molecular formula is C22H29Cl2N. The lowest BCUT2D eigenvalue weighted by molar-refractivity contribution is 0.0178. The molecule has 0 radical (unpaired) electrons. The van der Waals surface area contributed by atoms with Crippen molar-refractivity contribution in [2.24, 2.45) is 5.92 Å². The van der Waals surface area contributed by atoms with Crippen molar-refractivity contribution >= 4 is 23.2 Å². The van der Waals surface area contributed by atoms with Crippen LogP contribution < -0.4 is 0 Å². The molecule has 0 N–H and O–H groups in total. The molecule has 0 amide bonds. The van der Waals surface area contributed by atoms with Gasteiger partial charge in [0.05, 0.1) is 10.0 Å². The Labute approximate surface area is 162 Å². The van der Waals surface area contributed by atoms with Crippen molar-refractivity contribution in [3.8, 4) is 0 Å². The van der Waals surface area contributed by atoms with Gasteiger partial charge in [0.2, 0.25) is 0 Å². The van der Waals surface area contributed by atoms with Crippen LogP contribution in [0.1, 0.15) is 63.4 Å². The number of rotatable bonds is 5. The predicted octanol–water partition coefficient (Wildman–Crippen LogP) is 6.63. The van der Waals surface area contributed by atoms with Crippen LogP contribution in [-0.4, -0.2) is 23.5 Å². The van der Waals surface area contributed by atoms with Gasteiger partial charge in [0.15, 0.2) is 0 Å². The minimum Gasteiger partial charge on any atom is -0.296 e. The molecule has 1 aromatic carbocycles. The van der Waals surface area contributed by atoms with E-state index < -0.39 is 0 Å². The summed E-state index contributed by atoms with van der Waals surface area (Å²) in [7, 11) is 0. The number of benzene rings is 1. The van der Waals surface area contributed by atoms with Gasteiger partial charge in [0, 0.05) is 17.5 Å². The van der Waals surface area contributed by atoms with Crippen molar-refractivity contribution in [1.29, 1.82) is 0 Å². The Morgan fingerprint density at radius 2 is 1.84 bits per heavy atom. The number of hydrogen-bond acceptors (Lipinski definition) is 1. The van der Waals surface area contributed by atoms with E-state index in [1.807, 2.05) is 6.07 Å². The van der Waals surface area contributed by atoms with Gasteiger partial charge in [-0.05, 0) is 75.1 Å². The summed E-state index contributed by atoms with van der Waals surface area (Å²) < 4.78 is 0. The second-order valence-electron chi connectivity index (χ2n) is 8.51. The second kappa shape index (κ2) is 6.91. The molecule has 3 aliphatic rings. The van der Waals surface area contributed by atoms with Crippen LogP contribution in [0.3, 0.4) is 0 Å². The van der Waals surface area contributed by atoms with Crippen molar-refractivity contribution in [2.45, 2.75) is 68.7 Å². The number of halogens is 2. The highest BCUT2D eigenvalue weighted by atomic mass is 35.5. The molecule has 1 aliphatic heterocycles. The lowest BCUT2D eigenvalue weighted by atomic mass is 9.70. The highest BCUT2D eigenvalue weighted by Gasteiger charge is 2.53. The van der Waals surface area contributed by atoms with Crippen molar-refractivity contribution in [3.05, 3.63) is 46.5 Å². The van der Waals surface area contributed by atoms with Gasteiger partial charge >= 0.3 is 0 Å². The molecule has 1 heterocycles. The summed E-state index contributed by atoms with van der Waals surface area (Å²) in [5.74, 6) is 0.948. The van der Waals surface area contributed by atoms with E-state index in [0.29, 0.717) is 15.6 Å². The third-order valence-corrected chi connectivity index (χ3v) is 7.82. The fourth-order valence-electron chi connectivity index (χ4n) is 5.72. The molecule has 25 heavy (non-hydrogen) atoms. The largest absolute Gasteiger partial charge is 0.296 e.